The van der Waals surface area contributed by atoms with E-state index in [-0.39, 0.29) is 0 Å². The van der Waals surface area contributed by atoms with E-state index in [1.165, 1.54) is 0 Å². The highest BCUT2D eigenvalue weighted by Crippen LogP contribution is 2.33. The number of aromatic nitrogens is 2. The monoisotopic (exact) mass is 195 g/mol. The number of aryl methyl sites for hydroxylation is 1. The Morgan fingerprint density at radius 3 is 2.38 bits per heavy atom. The second-order valence-electron chi connectivity index (χ2n) is 2.41. The van der Waals surface area contributed by atoms with Gasteiger partial charge in [-0.05, 0) is 5.88 Å². The van der Waals surface area contributed by atoms with Crippen LogP contribution in [0.15, 0.2) is 0 Å². The third-order valence-corrected chi connectivity index (χ3v) is 1.51. The molecule has 0 saturated carbocycles. The van der Waals surface area contributed by atoms with Crippen molar-refractivity contribution in [2.75, 3.05) is 0 Å². The molecule has 1 aromatic heterocycles. The van der Waals surface area contributed by atoms with Crippen LogP contribution in [0, 0.1) is 0 Å². The lowest BCUT2D eigenvalue weighted by atomic mass is 10.2. The van der Waals surface area contributed by atoms with E-state index in [4.69, 9.17) is 5.11 Å². The maximum atomic E-state index is 12.1. The molecule has 0 aliphatic rings. The van der Waals surface area contributed by atoms with Gasteiger partial charge in [-0.2, -0.15) is 18.3 Å². The predicted octanol–water partition coefficient (Wildman–Crippen LogP) is 0.00480. The van der Waals surface area contributed by atoms with E-state index in [2.05, 4.69) is 5.10 Å². The van der Waals surface area contributed by atoms with E-state index in [1.807, 2.05) is 0 Å². The minimum absolute atomic E-state index is 0.550. The van der Waals surface area contributed by atoms with Crippen molar-refractivity contribution >= 4 is 0 Å². The highest BCUT2D eigenvalue weighted by Gasteiger charge is 2.37. The van der Waals surface area contributed by atoms with Crippen molar-refractivity contribution < 1.29 is 23.4 Å². The summed E-state index contributed by atoms with van der Waals surface area (Å²) in [7, 11) is 1.09. The summed E-state index contributed by atoms with van der Waals surface area (Å²) in [6.07, 6.45) is -4.70. The largest absolute Gasteiger partial charge is 0.859 e. The first kappa shape index (κ1) is 9.85. The molecule has 0 saturated heterocycles. The molecule has 1 N–H and O–H groups in total. The van der Waals surface area contributed by atoms with Crippen LogP contribution in [0.1, 0.15) is 11.3 Å². The van der Waals surface area contributed by atoms with Gasteiger partial charge in [-0.15, -0.1) is 0 Å². The highest BCUT2D eigenvalue weighted by molar-refractivity contribution is 5.30. The fourth-order valence-corrected chi connectivity index (χ4v) is 0.923. The van der Waals surface area contributed by atoms with Gasteiger partial charge < -0.3 is 10.2 Å². The minimum Gasteiger partial charge on any atom is -0.859 e. The Balaban J connectivity index is 3.30. The van der Waals surface area contributed by atoms with Gasteiger partial charge in [0.25, 0.3) is 0 Å². The number of aliphatic hydroxyl groups excluding tert-OH is 1. The maximum Gasteiger partial charge on any atom is 0.435 e. The number of alkyl halides is 3. The Bertz CT molecular complexity index is 318. The van der Waals surface area contributed by atoms with E-state index in [9.17, 15) is 18.3 Å². The van der Waals surface area contributed by atoms with E-state index in [1.54, 1.807) is 0 Å². The zero-order valence-electron chi connectivity index (χ0n) is 6.59. The van der Waals surface area contributed by atoms with E-state index in [0.29, 0.717) is 4.68 Å². The van der Waals surface area contributed by atoms with Gasteiger partial charge in [0.15, 0.2) is 5.69 Å². The Morgan fingerprint density at radius 1 is 1.54 bits per heavy atom. The lowest BCUT2D eigenvalue weighted by Gasteiger charge is -2.08. The predicted molar refractivity (Wildman–Crippen MR) is 33.6 cm³/mol. The molecule has 0 bridgehead atoms. The molecule has 74 valence electrons. The molecule has 0 amide bonds. The van der Waals surface area contributed by atoms with Gasteiger partial charge in [0, 0.05) is 12.6 Å². The second kappa shape index (κ2) is 2.91. The summed E-state index contributed by atoms with van der Waals surface area (Å²) in [5.74, 6) is -0.921. The Kier molecular flexibility index (Phi) is 2.21. The van der Waals surface area contributed by atoms with Gasteiger partial charge in [-0.3, -0.25) is 4.68 Å². The average Bonchev–Trinajstić information content (AvgIpc) is 2.28. The SMILES string of the molecule is Cn1nc(C(F)(F)F)c(CO)c1[O-]. The summed E-state index contributed by atoms with van der Waals surface area (Å²) in [6.45, 7) is -0.957. The van der Waals surface area contributed by atoms with E-state index < -0.39 is 29.9 Å². The third-order valence-electron chi connectivity index (χ3n) is 1.51. The van der Waals surface area contributed by atoms with Crippen LogP contribution < -0.4 is 5.11 Å². The van der Waals surface area contributed by atoms with Crippen molar-refractivity contribution in [3.8, 4) is 5.88 Å². The number of aliphatic hydroxyl groups is 1. The molecular formula is C6H6F3N2O2-. The molecule has 0 unspecified atom stereocenters. The Hall–Kier alpha value is -1.24. The van der Waals surface area contributed by atoms with Gasteiger partial charge in [0.1, 0.15) is 0 Å². The van der Waals surface area contributed by atoms with Crippen LogP contribution in [0.2, 0.25) is 0 Å². The van der Waals surface area contributed by atoms with Gasteiger partial charge in [-0.25, -0.2) is 0 Å². The molecule has 1 aromatic rings. The molecule has 0 aliphatic heterocycles. The Morgan fingerprint density at radius 2 is 2.08 bits per heavy atom. The molecule has 0 atom stereocenters. The molecule has 7 heteroatoms. The molecule has 0 aromatic carbocycles. The van der Waals surface area contributed by atoms with Crippen molar-refractivity contribution in [1.82, 2.24) is 9.78 Å². The molecular weight excluding hydrogens is 189 g/mol. The smallest absolute Gasteiger partial charge is 0.435 e. The standard InChI is InChI=1S/C6H7F3N2O2/c1-11-5(13)3(2-12)4(10-11)6(7,8)9/h12-13H,2H2,1H3/p-1. The van der Waals surface area contributed by atoms with Gasteiger partial charge in [0.2, 0.25) is 0 Å². The molecule has 1 heterocycles. The number of halogens is 3. The van der Waals surface area contributed by atoms with Crippen LogP contribution in [-0.4, -0.2) is 14.9 Å². The molecule has 0 fully saturated rings. The first-order valence-corrected chi connectivity index (χ1v) is 3.29. The van der Waals surface area contributed by atoms with Crippen LogP contribution in [0.25, 0.3) is 0 Å². The summed E-state index contributed by atoms with van der Waals surface area (Å²) in [6, 6.07) is 0. The van der Waals surface area contributed by atoms with Crippen LogP contribution in [-0.2, 0) is 19.8 Å². The number of hydrogen-bond donors (Lipinski definition) is 1. The lowest BCUT2D eigenvalue weighted by molar-refractivity contribution is -0.280. The maximum absolute atomic E-state index is 12.1. The molecule has 13 heavy (non-hydrogen) atoms. The summed E-state index contributed by atoms with van der Waals surface area (Å²) < 4.78 is 36.9. The van der Waals surface area contributed by atoms with Gasteiger partial charge >= 0.3 is 6.18 Å². The van der Waals surface area contributed by atoms with Crippen LogP contribution in [0.4, 0.5) is 13.2 Å². The topological polar surface area (TPSA) is 61.1 Å². The quantitative estimate of drug-likeness (QED) is 0.686. The number of rotatable bonds is 1. The normalized spacial score (nSPS) is 12.1. The molecule has 0 radical (unpaired) electrons. The zero-order valence-corrected chi connectivity index (χ0v) is 6.59. The van der Waals surface area contributed by atoms with Crippen molar-refractivity contribution in [2.24, 2.45) is 7.05 Å². The molecule has 4 nitrogen and oxygen atoms in total. The second-order valence-corrected chi connectivity index (χ2v) is 2.41. The fraction of sp³-hybridized carbons (Fsp3) is 0.500. The Labute approximate surface area is 71.2 Å². The lowest BCUT2D eigenvalue weighted by Crippen LogP contribution is -2.09. The average molecular weight is 195 g/mol. The highest BCUT2D eigenvalue weighted by atomic mass is 19.4. The van der Waals surface area contributed by atoms with Crippen molar-refractivity contribution in [2.45, 2.75) is 12.8 Å². The summed E-state index contributed by atoms with van der Waals surface area (Å²) >= 11 is 0. The third kappa shape index (κ3) is 1.59. The van der Waals surface area contributed by atoms with E-state index >= 15 is 0 Å². The molecule has 0 spiro atoms. The number of nitrogens with zero attached hydrogens (tertiary/aromatic N) is 2. The first-order valence-electron chi connectivity index (χ1n) is 3.29. The fourth-order valence-electron chi connectivity index (χ4n) is 0.923. The first-order chi connectivity index (χ1) is 5.88. The van der Waals surface area contributed by atoms with Crippen LogP contribution >= 0.6 is 0 Å². The minimum atomic E-state index is -4.70. The summed E-state index contributed by atoms with van der Waals surface area (Å²) in [5, 5.41) is 22.4. The van der Waals surface area contributed by atoms with Crippen molar-refractivity contribution in [3.63, 3.8) is 0 Å². The van der Waals surface area contributed by atoms with Crippen LogP contribution in [0.3, 0.4) is 0 Å². The molecule has 1 rings (SSSR count). The van der Waals surface area contributed by atoms with Crippen molar-refractivity contribution in [1.29, 1.82) is 0 Å². The van der Waals surface area contributed by atoms with Crippen molar-refractivity contribution in [3.05, 3.63) is 11.3 Å². The molecule has 0 aliphatic carbocycles. The van der Waals surface area contributed by atoms with Gasteiger partial charge in [-0.1, -0.05) is 0 Å². The summed E-state index contributed by atoms with van der Waals surface area (Å²) in [5.41, 5.74) is -2.03. The zero-order chi connectivity index (χ0) is 10.2. The van der Waals surface area contributed by atoms with E-state index in [0.717, 1.165) is 7.05 Å². The summed E-state index contributed by atoms with van der Waals surface area (Å²) in [4.78, 5) is 0. The van der Waals surface area contributed by atoms with Crippen LogP contribution in [0.5, 0.6) is 5.88 Å². The number of hydrogen-bond acceptors (Lipinski definition) is 3. The van der Waals surface area contributed by atoms with Gasteiger partial charge in [0.05, 0.1) is 6.61 Å².